The van der Waals surface area contributed by atoms with Crippen molar-refractivity contribution in [1.29, 1.82) is 0 Å². The molecule has 0 bridgehead atoms. The number of carbonyl (C=O) groups is 1. The van der Waals surface area contributed by atoms with Gasteiger partial charge in [-0.1, -0.05) is 26.0 Å². The average molecular weight is 354 g/mol. The van der Waals surface area contributed by atoms with Crippen molar-refractivity contribution in [3.8, 4) is 0 Å². The number of allylic oxidation sites excluding steroid dienone is 4. The SMILES string of the molecule is C[C@]12CCC(=O)C=C1C=C[C@@H]1[C@@H]2CC[C@@]2(C)[C@H]1CC[C@@]2(O)C(F)(F)F. The van der Waals surface area contributed by atoms with Crippen molar-refractivity contribution >= 4 is 5.78 Å². The van der Waals surface area contributed by atoms with Gasteiger partial charge in [-0.2, -0.15) is 13.2 Å². The van der Waals surface area contributed by atoms with Crippen LogP contribution in [0.15, 0.2) is 23.8 Å². The van der Waals surface area contributed by atoms with Crippen LogP contribution in [0.2, 0.25) is 0 Å². The van der Waals surface area contributed by atoms with E-state index in [9.17, 15) is 23.1 Å². The monoisotopic (exact) mass is 354 g/mol. The van der Waals surface area contributed by atoms with Gasteiger partial charge in [0.15, 0.2) is 11.4 Å². The highest BCUT2D eigenvalue weighted by atomic mass is 19.4. The fourth-order valence-electron chi connectivity index (χ4n) is 6.48. The number of carbonyl (C=O) groups excluding carboxylic acids is 1. The van der Waals surface area contributed by atoms with Gasteiger partial charge in [0.25, 0.3) is 0 Å². The van der Waals surface area contributed by atoms with Crippen molar-refractivity contribution in [3.05, 3.63) is 23.8 Å². The van der Waals surface area contributed by atoms with Crippen molar-refractivity contribution in [2.75, 3.05) is 0 Å². The number of halogens is 3. The van der Waals surface area contributed by atoms with Crippen LogP contribution in [0.5, 0.6) is 0 Å². The minimum absolute atomic E-state index is 0.0467. The summed E-state index contributed by atoms with van der Waals surface area (Å²) in [6.45, 7) is 3.81. The molecule has 0 spiro atoms. The lowest BCUT2D eigenvalue weighted by atomic mass is 9.48. The van der Waals surface area contributed by atoms with E-state index in [2.05, 4.69) is 6.92 Å². The van der Waals surface area contributed by atoms with E-state index in [0.717, 1.165) is 12.0 Å². The van der Waals surface area contributed by atoms with E-state index in [0.29, 0.717) is 25.7 Å². The number of aliphatic hydroxyl groups is 1. The van der Waals surface area contributed by atoms with Gasteiger partial charge in [-0.3, -0.25) is 4.79 Å². The van der Waals surface area contributed by atoms with Crippen LogP contribution in [-0.4, -0.2) is 22.7 Å². The summed E-state index contributed by atoms with van der Waals surface area (Å²) in [6, 6.07) is 0. The van der Waals surface area contributed by atoms with Crippen molar-refractivity contribution in [2.24, 2.45) is 28.6 Å². The molecule has 0 aromatic rings. The Morgan fingerprint density at radius 3 is 2.48 bits per heavy atom. The van der Waals surface area contributed by atoms with Crippen molar-refractivity contribution < 1.29 is 23.1 Å². The van der Waals surface area contributed by atoms with E-state index >= 15 is 0 Å². The number of hydrogen-bond acceptors (Lipinski definition) is 2. The Morgan fingerprint density at radius 2 is 1.80 bits per heavy atom. The van der Waals surface area contributed by atoms with Crippen molar-refractivity contribution in [1.82, 2.24) is 0 Å². The third-order valence-electron chi connectivity index (χ3n) is 8.14. The number of alkyl halides is 3. The normalized spacial score (nSPS) is 49.3. The number of hydrogen-bond donors (Lipinski definition) is 1. The van der Waals surface area contributed by atoms with Crippen LogP contribution in [0.4, 0.5) is 13.2 Å². The largest absolute Gasteiger partial charge is 0.417 e. The van der Waals surface area contributed by atoms with Gasteiger partial charge in [0.2, 0.25) is 0 Å². The maximum absolute atomic E-state index is 13.7. The number of fused-ring (bicyclic) bond motifs is 5. The molecule has 2 saturated carbocycles. The quantitative estimate of drug-likeness (QED) is 0.691. The molecule has 0 aromatic carbocycles. The molecule has 1 N–H and O–H groups in total. The van der Waals surface area contributed by atoms with Crippen molar-refractivity contribution in [3.63, 3.8) is 0 Å². The Balaban J connectivity index is 1.75. The topological polar surface area (TPSA) is 37.3 Å². The second-order valence-electron chi connectivity index (χ2n) is 8.99. The molecule has 6 atom stereocenters. The van der Waals surface area contributed by atoms with Crippen LogP contribution in [0.3, 0.4) is 0 Å². The molecule has 25 heavy (non-hydrogen) atoms. The second-order valence-corrected chi connectivity index (χ2v) is 8.99. The highest BCUT2D eigenvalue weighted by Gasteiger charge is 2.72. The van der Waals surface area contributed by atoms with Crippen molar-refractivity contribution in [2.45, 2.75) is 64.1 Å². The summed E-state index contributed by atoms with van der Waals surface area (Å²) in [5.74, 6) is 0.282. The Kier molecular flexibility index (Phi) is 3.46. The molecule has 0 amide bonds. The van der Waals surface area contributed by atoms with Gasteiger partial charge in [0.1, 0.15) is 0 Å². The molecular formula is C20H25F3O2. The molecule has 0 unspecified atom stereocenters. The summed E-state index contributed by atoms with van der Waals surface area (Å²) in [7, 11) is 0. The molecule has 0 heterocycles. The molecule has 2 fully saturated rings. The molecule has 0 aliphatic heterocycles. The Hall–Kier alpha value is -1.10. The third kappa shape index (κ3) is 2.05. The van der Waals surface area contributed by atoms with Crippen LogP contribution in [0, 0.1) is 28.6 Å². The molecule has 0 aromatic heterocycles. The summed E-state index contributed by atoms with van der Waals surface area (Å²) in [5.41, 5.74) is -2.80. The van der Waals surface area contributed by atoms with Crippen LogP contribution in [0.25, 0.3) is 0 Å². The zero-order chi connectivity index (χ0) is 18.3. The summed E-state index contributed by atoms with van der Waals surface area (Å²) in [5, 5.41) is 10.6. The van der Waals surface area contributed by atoms with Gasteiger partial charge >= 0.3 is 6.18 Å². The fourth-order valence-corrected chi connectivity index (χ4v) is 6.48. The maximum atomic E-state index is 13.7. The number of rotatable bonds is 0. The van der Waals surface area contributed by atoms with Gasteiger partial charge in [-0.05, 0) is 66.9 Å². The highest BCUT2D eigenvalue weighted by Crippen LogP contribution is 2.68. The summed E-state index contributed by atoms with van der Waals surface area (Å²) >= 11 is 0. The Morgan fingerprint density at radius 1 is 1.12 bits per heavy atom. The van der Waals surface area contributed by atoms with E-state index in [1.54, 1.807) is 13.0 Å². The first-order valence-electron chi connectivity index (χ1n) is 9.25. The molecule has 4 aliphatic carbocycles. The molecule has 0 radical (unpaired) electrons. The second kappa shape index (κ2) is 4.99. The predicted molar refractivity (Wildman–Crippen MR) is 87.6 cm³/mol. The van der Waals surface area contributed by atoms with Gasteiger partial charge < -0.3 is 5.11 Å². The Labute approximate surface area is 146 Å². The first kappa shape index (κ1) is 17.3. The lowest BCUT2D eigenvalue weighted by Gasteiger charge is -2.57. The highest BCUT2D eigenvalue weighted by molar-refractivity contribution is 5.92. The lowest BCUT2D eigenvalue weighted by molar-refractivity contribution is -0.301. The van der Waals surface area contributed by atoms with E-state index in [-0.39, 0.29) is 35.4 Å². The first-order valence-corrected chi connectivity index (χ1v) is 9.25. The maximum Gasteiger partial charge on any atom is 0.417 e. The molecule has 4 aliphatic rings. The molecule has 4 rings (SSSR count). The zero-order valence-corrected chi connectivity index (χ0v) is 14.7. The Bertz CT molecular complexity index is 679. The summed E-state index contributed by atoms with van der Waals surface area (Å²) in [6.07, 6.45) is 3.69. The standard InChI is InChI=1S/C20H25F3O2/c1-17-8-5-13(24)11-12(17)3-4-14-15(17)6-9-18(2)16(14)7-10-19(18,25)20(21,22)23/h3-4,11,14-16,25H,5-10H2,1-2H3/t14-,15+,16+,17+,18+,19+/m1/s1. The van der Waals surface area contributed by atoms with Gasteiger partial charge in [-0.15, -0.1) is 0 Å². The third-order valence-corrected chi connectivity index (χ3v) is 8.14. The minimum atomic E-state index is -4.59. The fraction of sp³-hybridized carbons (Fsp3) is 0.750. The summed E-state index contributed by atoms with van der Waals surface area (Å²) < 4.78 is 41.0. The van der Waals surface area contributed by atoms with Gasteiger partial charge in [0, 0.05) is 11.8 Å². The molecule has 5 heteroatoms. The first-order chi connectivity index (χ1) is 11.5. The van der Waals surface area contributed by atoms with E-state index < -0.39 is 17.2 Å². The smallest absolute Gasteiger partial charge is 0.380 e. The van der Waals surface area contributed by atoms with Crippen LogP contribution >= 0.6 is 0 Å². The zero-order valence-electron chi connectivity index (χ0n) is 14.7. The molecule has 2 nitrogen and oxygen atoms in total. The van der Waals surface area contributed by atoms with Crippen LogP contribution in [-0.2, 0) is 4.79 Å². The van der Waals surface area contributed by atoms with E-state index in [1.807, 2.05) is 12.2 Å². The van der Waals surface area contributed by atoms with Gasteiger partial charge in [-0.25, -0.2) is 0 Å². The van der Waals surface area contributed by atoms with E-state index in [4.69, 9.17) is 0 Å². The van der Waals surface area contributed by atoms with Crippen LogP contribution < -0.4 is 0 Å². The molecule has 0 saturated heterocycles. The van der Waals surface area contributed by atoms with Gasteiger partial charge in [0.05, 0.1) is 0 Å². The summed E-state index contributed by atoms with van der Waals surface area (Å²) in [4.78, 5) is 11.8. The molecular weight excluding hydrogens is 329 g/mol. The number of ketones is 1. The molecule has 138 valence electrons. The lowest BCUT2D eigenvalue weighted by Crippen LogP contribution is -2.59. The predicted octanol–water partition coefficient (Wildman–Crippen LogP) is 4.59. The van der Waals surface area contributed by atoms with Crippen LogP contribution in [0.1, 0.15) is 52.4 Å². The minimum Gasteiger partial charge on any atom is -0.380 e. The average Bonchev–Trinajstić information content (AvgIpc) is 2.81. The van der Waals surface area contributed by atoms with E-state index in [1.165, 1.54) is 0 Å².